The highest BCUT2D eigenvalue weighted by atomic mass is 19.1. The van der Waals surface area contributed by atoms with Crippen molar-refractivity contribution in [2.45, 2.75) is 46.3 Å². The summed E-state index contributed by atoms with van der Waals surface area (Å²) in [7, 11) is 0. The number of fused-ring (bicyclic) bond motifs is 1. The van der Waals surface area contributed by atoms with Crippen LogP contribution in [0.15, 0.2) is 42.5 Å². The van der Waals surface area contributed by atoms with Crippen LogP contribution in [0, 0.1) is 25.1 Å². The van der Waals surface area contributed by atoms with Gasteiger partial charge >= 0.3 is 6.09 Å². The number of hydrogen-bond acceptors (Lipinski definition) is 3. The second-order valence-corrected chi connectivity index (χ2v) is 9.17. The van der Waals surface area contributed by atoms with Crippen molar-refractivity contribution >= 4 is 17.5 Å². The highest BCUT2D eigenvalue weighted by Crippen LogP contribution is 2.36. The lowest BCUT2D eigenvalue weighted by atomic mass is 10.0. The van der Waals surface area contributed by atoms with E-state index in [9.17, 15) is 13.6 Å². The van der Waals surface area contributed by atoms with Gasteiger partial charge in [0.1, 0.15) is 17.2 Å². The van der Waals surface area contributed by atoms with Crippen LogP contribution in [0.1, 0.15) is 37.6 Å². The quantitative estimate of drug-likeness (QED) is 0.412. The van der Waals surface area contributed by atoms with E-state index in [-0.39, 0.29) is 11.3 Å². The molecule has 1 aliphatic heterocycles. The number of anilines is 1. The Balaban J connectivity index is 1.81. The molecule has 0 aliphatic carbocycles. The van der Waals surface area contributed by atoms with Crippen LogP contribution in [-0.2, 0) is 17.7 Å². The number of carbonyl (C=O) groups excluding carboxylic acids is 1. The lowest BCUT2D eigenvalue weighted by Crippen LogP contribution is -2.34. The maximum absolute atomic E-state index is 14.7. The average Bonchev–Trinajstić information content (AvgIpc) is 3.10. The van der Waals surface area contributed by atoms with Gasteiger partial charge in [-0.25, -0.2) is 23.0 Å². The molecular formula is C26H25F2N3O2. The zero-order chi connectivity index (χ0) is 23.9. The molecule has 0 bridgehead atoms. The van der Waals surface area contributed by atoms with Crippen LogP contribution in [0.5, 0.6) is 0 Å². The smallest absolute Gasteiger partial charge is 0.419 e. The van der Waals surface area contributed by atoms with Crippen molar-refractivity contribution in [3.8, 4) is 11.3 Å². The summed E-state index contributed by atoms with van der Waals surface area (Å²) >= 11 is 0. The van der Waals surface area contributed by atoms with Gasteiger partial charge in [-0.3, -0.25) is 0 Å². The van der Waals surface area contributed by atoms with E-state index in [2.05, 4.69) is 9.74 Å². The van der Waals surface area contributed by atoms with E-state index in [1.54, 1.807) is 32.9 Å². The summed E-state index contributed by atoms with van der Waals surface area (Å²) in [5, 5.41) is 0. The van der Waals surface area contributed by atoms with E-state index >= 15 is 0 Å². The molecule has 0 radical (unpaired) electrons. The van der Waals surface area contributed by atoms with Gasteiger partial charge in [0, 0.05) is 30.9 Å². The van der Waals surface area contributed by atoms with Crippen LogP contribution in [-0.4, -0.2) is 22.8 Å². The minimum atomic E-state index is -0.762. The monoisotopic (exact) mass is 449 g/mol. The third kappa shape index (κ3) is 4.34. The van der Waals surface area contributed by atoms with Gasteiger partial charge in [-0.15, -0.1) is 0 Å². The number of ether oxygens (including phenoxy) is 1. The molecule has 0 atom stereocenters. The predicted molar refractivity (Wildman–Crippen MR) is 124 cm³/mol. The van der Waals surface area contributed by atoms with Gasteiger partial charge < -0.3 is 9.64 Å². The lowest BCUT2D eigenvalue weighted by Gasteiger charge is -2.31. The van der Waals surface area contributed by atoms with Gasteiger partial charge in [0.2, 0.25) is 0 Å². The number of hydrogen-bond donors (Lipinski definition) is 0. The SMILES string of the molecule is [C-]#[N+]c1ccc(N2CCc3c(cc(-c4c(F)cccc4F)n3C(=O)OC(C)(C)C)C2)c(C)c1. The topological polar surface area (TPSA) is 38.8 Å². The summed E-state index contributed by atoms with van der Waals surface area (Å²) in [4.78, 5) is 18.8. The Morgan fingerprint density at radius 3 is 2.42 bits per heavy atom. The Morgan fingerprint density at radius 2 is 1.82 bits per heavy atom. The maximum atomic E-state index is 14.7. The Bertz CT molecular complexity index is 1260. The first-order valence-corrected chi connectivity index (χ1v) is 10.7. The van der Waals surface area contributed by atoms with Crippen molar-refractivity contribution in [1.29, 1.82) is 0 Å². The van der Waals surface area contributed by atoms with Crippen molar-refractivity contribution in [3.63, 3.8) is 0 Å². The number of aromatic nitrogens is 1. The number of rotatable bonds is 2. The molecule has 33 heavy (non-hydrogen) atoms. The van der Waals surface area contributed by atoms with Crippen LogP contribution in [0.3, 0.4) is 0 Å². The highest BCUT2D eigenvalue weighted by Gasteiger charge is 2.31. The lowest BCUT2D eigenvalue weighted by molar-refractivity contribution is 0.0535. The predicted octanol–water partition coefficient (Wildman–Crippen LogP) is 6.64. The molecule has 2 aromatic carbocycles. The third-order valence-electron chi connectivity index (χ3n) is 5.62. The van der Waals surface area contributed by atoms with Gasteiger partial charge in [0.25, 0.3) is 0 Å². The van der Waals surface area contributed by atoms with Crippen molar-refractivity contribution in [2.24, 2.45) is 0 Å². The normalized spacial score (nSPS) is 13.4. The molecule has 0 unspecified atom stereocenters. The fourth-order valence-corrected chi connectivity index (χ4v) is 4.25. The van der Waals surface area contributed by atoms with Crippen molar-refractivity contribution in [1.82, 2.24) is 4.57 Å². The molecule has 0 fully saturated rings. The summed E-state index contributed by atoms with van der Waals surface area (Å²) in [5.41, 5.74) is 3.15. The summed E-state index contributed by atoms with van der Waals surface area (Å²) in [5.74, 6) is -1.48. The summed E-state index contributed by atoms with van der Waals surface area (Å²) in [6.07, 6.45) is -0.165. The first-order chi connectivity index (χ1) is 15.6. The zero-order valence-corrected chi connectivity index (χ0v) is 19.1. The molecule has 0 saturated carbocycles. The molecule has 0 saturated heterocycles. The van der Waals surface area contributed by atoms with Gasteiger partial charge in [-0.05, 0) is 63.1 Å². The summed E-state index contributed by atoms with van der Waals surface area (Å²) < 4.78 is 36.3. The molecule has 7 heteroatoms. The Kier molecular flexibility index (Phi) is 5.71. The minimum absolute atomic E-state index is 0.145. The highest BCUT2D eigenvalue weighted by molar-refractivity contribution is 5.82. The molecule has 0 amide bonds. The van der Waals surface area contributed by atoms with E-state index < -0.39 is 23.3 Å². The molecule has 1 aliphatic rings. The number of halogens is 2. The van der Waals surface area contributed by atoms with Crippen LogP contribution in [0.25, 0.3) is 16.1 Å². The van der Waals surface area contributed by atoms with E-state index in [0.29, 0.717) is 30.9 Å². The molecule has 4 rings (SSSR count). The van der Waals surface area contributed by atoms with Crippen molar-refractivity contribution in [2.75, 3.05) is 11.4 Å². The Morgan fingerprint density at radius 1 is 1.12 bits per heavy atom. The van der Waals surface area contributed by atoms with Crippen LogP contribution >= 0.6 is 0 Å². The second kappa shape index (κ2) is 8.36. The van der Waals surface area contributed by atoms with Crippen molar-refractivity contribution in [3.05, 3.63) is 82.3 Å². The van der Waals surface area contributed by atoms with E-state index in [1.807, 2.05) is 19.1 Å². The zero-order valence-electron chi connectivity index (χ0n) is 19.1. The van der Waals surface area contributed by atoms with Crippen LogP contribution in [0.2, 0.25) is 0 Å². The van der Waals surface area contributed by atoms with Crippen LogP contribution in [0.4, 0.5) is 25.0 Å². The van der Waals surface area contributed by atoms with Gasteiger partial charge in [0.05, 0.1) is 17.8 Å². The summed E-state index contributed by atoms with van der Waals surface area (Å²) in [6.45, 7) is 15.5. The van der Waals surface area contributed by atoms with Gasteiger partial charge in [-0.1, -0.05) is 18.2 Å². The number of aryl methyl sites for hydroxylation is 1. The second-order valence-electron chi connectivity index (χ2n) is 9.17. The Labute approximate surface area is 192 Å². The fraction of sp³-hybridized carbons (Fsp3) is 0.308. The van der Waals surface area contributed by atoms with E-state index in [1.165, 1.54) is 22.8 Å². The average molecular weight is 450 g/mol. The first-order valence-electron chi connectivity index (χ1n) is 10.7. The van der Waals surface area contributed by atoms with Crippen LogP contribution < -0.4 is 4.90 Å². The molecular weight excluding hydrogens is 424 g/mol. The number of nitrogens with zero attached hydrogens (tertiary/aromatic N) is 3. The first kappa shape index (κ1) is 22.5. The maximum Gasteiger partial charge on any atom is 0.419 e. The molecule has 2 heterocycles. The molecule has 0 spiro atoms. The molecule has 0 N–H and O–H groups in total. The fourth-order valence-electron chi connectivity index (χ4n) is 4.25. The number of carbonyl (C=O) groups is 1. The minimum Gasteiger partial charge on any atom is -0.443 e. The molecule has 5 nitrogen and oxygen atoms in total. The van der Waals surface area contributed by atoms with E-state index in [0.717, 1.165) is 16.8 Å². The molecule has 3 aromatic rings. The largest absolute Gasteiger partial charge is 0.443 e. The van der Waals surface area contributed by atoms with Crippen molar-refractivity contribution < 1.29 is 18.3 Å². The van der Waals surface area contributed by atoms with Gasteiger partial charge in [-0.2, -0.15) is 0 Å². The molecule has 170 valence electrons. The number of benzene rings is 2. The van der Waals surface area contributed by atoms with Gasteiger partial charge in [0.15, 0.2) is 5.69 Å². The Hall–Kier alpha value is -3.66. The third-order valence-corrected chi connectivity index (χ3v) is 5.62. The molecule has 1 aromatic heterocycles. The summed E-state index contributed by atoms with van der Waals surface area (Å²) in [6, 6.07) is 10.9. The standard InChI is InChI=1S/C26H25F2N3O2/c1-16-13-18(29-5)9-10-21(16)30-12-11-22-17(15-30)14-23(24-19(27)7-6-8-20(24)28)31(22)25(32)33-26(2,3)4/h6-10,13-14H,11-12,15H2,1-4H3. The van der Waals surface area contributed by atoms with E-state index in [4.69, 9.17) is 11.3 Å².